The Morgan fingerprint density at radius 1 is 0.919 bits per heavy atom. The van der Waals surface area contributed by atoms with Gasteiger partial charge in [-0.25, -0.2) is 4.79 Å². The van der Waals surface area contributed by atoms with Gasteiger partial charge in [-0.2, -0.15) is 0 Å². The van der Waals surface area contributed by atoms with Crippen molar-refractivity contribution in [3.63, 3.8) is 0 Å². The Morgan fingerprint density at radius 2 is 1.63 bits per heavy atom. The van der Waals surface area contributed by atoms with E-state index in [1.807, 2.05) is 37.3 Å². The third kappa shape index (κ3) is 13.5. The molecule has 2 aromatic carbocycles. The maximum atomic E-state index is 14.1. The van der Waals surface area contributed by atoms with Crippen LogP contribution in [-0.4, -0.2) is 91.2 Å². The maximum absolute atomic E-state index is 14.1. The van der Waals surface area contributed by atoms with Crippen LogP contribution in [0.2, 0.25) is 0 Å². The molecule has 0 aromatic heterocycles. The van der Waals surface area contributed by atoms with Crippen molar-refractivity contribution >= 4 is 23.6 Å². The van der Waals surface area contributed by atoms with Crippen molar-refractivity contribution in [2.45, 2.75) is 146 Å². The predicted molar refractivity (Wildman–Crippen MR) is 250 cm³/mol. The number of likely N-dealkylation sites (N-methyl/N-ethyl adjacent to an activating group) is 1. The number of ether oxygens (including phenoxy) is 4. The number of benzene rings is 2. The number of aliphatic hydroxyl groups is 2. The van der Waals surface area contributed by atoms with Crippen molar-refractivity contribution in [2.75, 3.05) is 52.4 Å². The number of hydrogen-bond donors (Lipinski definition) is 2. The predicted octanol–water partition coefficient (Wildman–Crippen LogP) is 11.5. The van der Waals surface area contributed by atoms with E-state index in [4.69, 9.17) is 28.9 Å². The Kier molecular flexibility index (Phi) is 21.5. The minimum Gasteiger partial charge on any atom is -0.493 e. The molecule has 6 atom stereocenters. The van der Waals surface area contributed by atoms with Crippen molar-refractivity contribution in [2.24, 2.45) is 22.9 Å². The maximum Gasteiger partial charge on any atom is 0.409 e. The molecule has 1 saturated carbocycles. The van der Waals surface area contributed by atoms with E-state index >= 15 is 0 Å². The molecule has 0 bridgehead atoms. The number of amides is 1. The molecule has 5 rings (SSSR count). The van der Waals surface area contributed by atoms with Crippen LogP contribution in [0.3, 0.4) is 0 Å². The molecule has 1 amide bonds. The second-order valence-electron chi connectivity index (χ2n) is 17.1. The number of hydrogen-bond acceptors (Lipinski definition) is 10. The summed E-state index contributed by atoms with van der Waals surface area (Å²) in [4.78, 5) is 22.8. The van der Waals surface area contributed by atoms with E-state index in [9.17, 15) is 15.0 Å². The van der Waals surface area contributed by atoms with E-state index in [-0.39, 0.29) is 43.5 Å². The molecule has 2 aliphatic carbocycles. The van der Waals surface area contributed by atoms with Crippen LogP contribution in [0.15, 0.2) is 82.9 Å². The largest absolute Gasteiger partial charge is 0.493 e. The SMILES string of the molecule is C=CCOC12Oc3ccc(OCCSc4ccccc4)cc3C3C(CCCCO)C(CCCCO)C=C(C(=NOCC)CC1N(C)C(=O)OCCCCCCCCCCCC)C32. The van der Waals surface area contributed by atoms with Crippen molar-refractivity contribution in [3.8, 4) is 11.5 Å². The number of carbonyl (C=O) groups excluding carboxylic acids is 1. The lowest BCUT2D eigenvalue weighted by molar-refractivity contribution is -0.253. The number of fused-ring (bicyclic) bond motifs is 2. The van der Waals surface area contributed by atoms with Gasteiger partial charge in [0.25, 0.3) is 0 Å². The van der Waals surface area contributed by atoms with E-state index in [1.165, 1.54) is 49.8 Å². The zero-order valence-corrected chi connectivity index (χ0v) is 38.8. The van der Waals surface area contributed by atoms with Crippen LogP contribution in [0, 0.1) is 17.8 Å². The molecule has 3 aliphatic rings. The van der Waals surface area contributed by atoms with Gasteiger partial charge in [-0.15, -0.1) is 18.3 Å². The summed E-state index contributed by atoms with van der Waals surface area (Å²) in [6, 6.07) is 15.8. The average molecular weight is 877 g/mol. The van der Waals surface area contributed by atoms with Crippen molar-refractivity contribution in [1.29, 1.82) is 0 Å². The zero-order valence-electron chi connectivity index (χ0n) is 38.0. The van der Waals surface area contributed by atoms with Crippen LogP contribution < -0.4 is 9.47 Å². The molecule has 344 valence electrons. The fourth-order valence-electron chi connectivity index (χ4n) is 9.77. The lowest BCUT2D eigenvalue weighted by Crippen LogP contribution is -2.69. The Hall–Kier alpha value is -3.51. The number of aliphatic hydroxyl groups excluding tert-OH is 2. The van der Waals surface area contributed by atoms with E-state index < -0.39 is 17.9 Å². The average Bonchev–Trinajstić information content (AvgIpc) is 3.29. The van der Waals surface area contributed by atoms with Crippen molar-refractivity contribution < 1.29 is 38.8 Å². The normalized spacial score (nSPS) is 23.1. The molecule has 11 heteroatoms. The minimum atomic E-state index is -1.31. The Balaban J connectivity index is 1.47. The molecule has 0 radical (unpaired) electrons. The number of nitrogens with zero attached hydrogens (tertiary/aromatic N) is 2. The first-order valence-corrected chi connectivity index (χ1v) is 24.8. The Bertz CT molecular complexity index is 1690. The van der Waals surface area contributed by atoms with Gasteiger partial charge in [0.2, 0.25) is 5.79 Å². The summed E-state index contributed by atoms with van der Waals surface area (Å²) < 4.78 is 26.7. The van der Waals surface area contributed by atoms with Gasteiger partial charge in [0.1, 0.15) is 24.1 Å². The molecule has 0 saturated heterocycles. The molecule has 0 spiro atoms. The lowest BCUT2D eigenvalue weighted by Gasteiger charge is -2.59. The number of allylic oxidation sites excluding steroid dienone is 1. The van der Waals surface area contributed by atoms with Crippen molar-refractivity contribution in [3.05, 3.63) is 78.4 Å². The number of rotatable bonds is 30. The zero-order chi connectivity index (χ0) is 44.0. The molecule has 6 unspecified atom stereocenters. The van der Waals surface area contributed by atoms with Gasteiger partial charge < -0.3 is 38.9 Å². The first-order valence-electron chi connectivity index (χ1n) is 23.8. The molecular formula is C51H76N2O8S. The summed E-state index contributed by atoms with van der Waals surface area (Å²) in [6.45, 7) is 9.96. The standard InChI is InChI=1S/C51H76N2O8S/c1-5-8-9-10-11-12-13-14-15-23-33-58-50(56)53(4)47-38-45(52-60-7-3)43-36-39(24-19-21-30-54)42(27-20-22-31-55)48-44-37-40(57-34-35-62-41-25-17-16-18-26-41)28-29-46(44)61-51(47,49(43)48)59-32-6-2/h6,16-18,25-26,28-29,36-37,39,42,47-49,54-55H,2,5,7-15,19-24,27,30-35,38H2,1,3-4H3. The van der Waals surface area contributed by atoms with Gasteiger partial charge in [0, 0.05) is 48.8 Å². The molecule has 1 heterocycles. The number of thioether (sulfide) groups is 1. The topological polar surface area (TPSA) is 119 Å². The van der Waals surface area contributed by atoms with E-state index in [2.05, 4.69) is 37.8 Å². The molecule has 62 heavy (non-hydrogen) atoms. The summed E-state index contributed by atoms with van der Waals surface area (Å²) in [5.41, 5.74) is 2.83. The van der Waals surface area contributed by atoms with Gasteiger partial charge >= 0.3 is 6.09 Å². The van der Waals surface area contributed by atoms with Crippen LogP contribution in [0.5, 0.6) is 11.5 Å². The van der Waals surface area contributed by atoms with Gasteiger partial charge in [0.05, 0.1) is 31.5 Å². The fourth-order valence-corrected chi connectivity index (χ4v) is 10.5. The van der Waals surface area contributed by atoms with Crippen LogP contribution in [-0.2, 0) is 14.3 Å². The number of oxime groups is 1. The third-order valence-corrected chi connectivity index (χ3v) is 13.8. The number of unbranched alkanes of at least 4 members (excludes halogenated alkanes) is 11. The molecule has 1 aliphatic heterocycles. The smallest absolute Gasteiger partial charge is 0.409 e. The molecule has 10 nitrogen and oxygen atoms in total. The second kappa shape index (κ2) is 27.0. The minimum absolute atomic E-state index is 0.116. The van der Waals surface area contributed by atoms with E-state index in [1.54, 1.807) is 29.8 Å². The summed E-state index contributed by atoms with van der Waals surface area (Å²) in [5, 5.41) is 24.5. The van der Waals surface area contributed by atoms with E-state index in [0.717, 1.165) is 79.7 Å². The van der Waals surface area contributed by atoms with Crippen LogP contribution >= 0.6 is 11.8 Å². The fraction of sp³-hybridized carbons (Fsp3) is 0.647. The van der Waals surface area contributed by atoms with Crippen LogP contribution in [0.4, 0.5) is 4.79 Å². The summed E-state index contributed by atoms with van der Waals surface area (Å²) in [6.07, 6.45) is 20.9. The molecule has 2 N–H and O–H groups in total. The second-order valence-corrected chi connectivity index (χ2v) is 18.3. The van der Waals surface area contributed by atoms with Gasteiger partial charge in [0.15, 0.2) is 0 Å². The lowest BCUT2D eigenvalue weighted by atomic mass is 9.55. The number of carbonyl (C=O) groups is 1. The third-order valence-electron chi connectivity index (χ3n) is 12.8. The summed E-state index contributed by atoms with van der Waals surface area (Å²) in [5.74, 6) is 0.750. The molecular weight excluding hydrogens is 801 g/mol. The van der Waals surface area contributed by atoms with Gasteiger partial charge in [-0.1, -0.05) is 113 Å². The molecule has 2 aromatic rings. The highest BCUT2D eigenvalue weighted by atomic mass is 32.2. The first-order chi connectivity index (χ1) is 30.4. The Labute approximate surface area is 376 Å². The van der Waals surface area contributed by atoms with E-state index in [0.29, 0.717) is 38.4 Å². The monoisotopic (exact) mass is 877 g/mol. The summed E-state index contributed by atoms with van der Waals surface area (Å²) >= 11 is 1.76. The molecule has 1 fully saturated rings. The van der Waals surface area contributed by atoms with Gasteiger partial charge in [-0.3, -0.25) is 0 Å². The van der Waals surface area contributed by atoms with Crippen LogP contribution in [0.25, 0.3) is 0 Å². The Morgan fingerprint density at radius 3 is 2.32 bits per heavy atom. The quantitative estimate of drug-likeness (QED) is 0.0342. The highest BCUT2D eigenvalue weighted by Crippen LogP contribution is 2.61. The first kappa shape index (κ1) is 49.5. The van der Waals surface area contributed by atoms with Crippen LogP contribution in [0.1, 0.15) is 134 Å². The van der Waals surface area contributed by atoms with Crippen molar-refractivity contribution in [1.82, 2.24) is 4.90 Å². The highest BCUT2D eigenvalue weighted by molar-refractivity contribution is 7.99. The highest BCUT2D eigenvalue weighted by Gasteiger charge is 2.65. The summed E-state index contributed by atoms with van der Waals surface area (Å²) in [7, 11) is 1.79. The van der Waals surface area contributed by atoms with Gasteiger partial charge in [-0.05, 0) is 86.8 Å².